The van der Waals surface area contributed by atoms with Gasteiger partial charge in [0.2, 0.25) is 0 Å². The lowest BCUT2D eigenvalue weighted by Crippen LogP contribution is -2.39. The number of hydrogen-bond acceptors (Lipinski definition) is 7. The van der Waals surface area contributed by atoms with Crippen LogP contribution < -0.4 is 9.62 Å². The maximum atomic E-state index is 13.5. The van der Waals surface area contributed by atoms with E-state index >= 15 is 0 Å². The fraction of sp³-hybridized carbons (Fsp3) is 0.100. The smallest absolute Gasteiger partial charge is 0.162 e. The van der Waals surface area contributed by atoms with Crippen LogP contribution >= 0.6 is 11.9 Å². The highest BCUT2D eigenvalue weighted by atomic mass is 32.2. The number of benzene rings is 2. The molecule has 0 amide bonds. The molecule has 2 aromatic heterocycles. The Bertz CT molecular complexity index is 1200. The molecule has 3 heterocycles. The van der Waals surface area contributed by atoms with Gasteiger partial charge in [-0.1, -0.05) is 12.1 Å². The second kappa shape index (κ2) is 7.17. The molecule has 1 aliphatic heterocycles. The van der Waals surface area contributed by atoms with Gasteiger partial charge >= 0.3 is 0 Å². The SMILES string of the molecule is CC(Nc1ncnc2[nH]cnc12)C1=Nc2ccccc2SN1c1ccc(F)cc1. The number of nitrogens with one attached hydrogen (secondary N) is 2. The van der Waals surface area contributed by atoms with Crippen LogP contribution in [0.25, 0.3) is 11.2 Å². The topological polar surface area (TPSA) is 82.1 Å². The zero-order chi connectivity index (χ0) is 19.8. The third-order valence-corrected chi connectivity index (χ3v) is 5.64. The number of aromatic amines is 1. The number of H-pyrrole nitrogens is 1. The lowest BCUT2D eigenvalue weighted by molar-refractivity contribution is 0.628. The zero-order valence-corrected chi connectivity index (χ0v) is 16.2. The average molecular weight is 405 g/mol. The minimum absolute atomic E-state index is 0.198. The highest BCUT2D eigenvalue weighted by molar-refractivity contribution is 8.01. The number of hydrogen-bond donors (Lipinski definition) is 2. The molecular weight excluding hydrogens is 389 g/mol. The maximum Gasteiger partial charge on any atom is 0.162 e. The predicted molar refractivity (Wildman–Crippen MR) is 113 cm³/mol. The largest absolute Gasteiger partial charge is 0.358 e. The molecule has 1 atom stereocenters. The van der Waals surface area contributed by atoms with Gasteiger partial charge in [0.15, 0.2) is 11.5 Å². The van der Waals surface area contributed by atoms with Crippen molar-refractivity contribution in [3.63, 3.8) is 0 Å². The van der Waals surface area contributed by atoms with E-state index in [9.17, 15) is 4.39 Å². The Balaban J connectivity index is 1.54. The highest BCUT2D eigenvalue weighted by Crippen LogP contribution is 2.40. The van der Waals surface area contributed by atoms with Crippen molar-refractivity contribution in [1.29, 1.82) is 0 Å². The van der Waals surface area contributed by atoms with Crippen LogP contribution in [0.1, 0.15) is 6.92 Å². The number of para-hydroxylation sites is 1. The first-order valence-electron chi connectivity index (χ1n) is 9.01. The van der Waals surface area contributed by atoms with Gasteiger partial charge in [0.05, 0.1) is 28.6 Å². The van der Waals surface area contributed by atoms with E-state index in [-0.39, 0.29) is 11.9 Å². The summed E-state index contributed by atoms with van der Waals surface area (Å²) in [5.41, 5.74) is 3.06. The molecule has 29 heavy (non-hydrogen) atoms. The minimum Gasteiger partial charge on any atom is -0.358 e. The minimum atomic E-state index is -0.275. The van der Waals surface area contributed by atoms with E-state index < -0.39 is 0 Å². The van der Waals surface area contributed by atoms with Crippen LogP contribution in [0, 0.1) is 5.82 Å². The Morgan fingerprint density at radius 1 is 1.07 bits per heavy atom. The molecule has 2 N–H and O–H groups in total. The van der Waals surface area contributed by atoms with Gasteiger partial charge in [-0.05, 0) is 55.3 Å². The second-order valence-corrected chi connectivity index (χ2v) is 7.48. The first-order valence-corrected chi connectivity index (χ1v) is 9.78. The number of imidazole rings is 1. The molecule has 0 spiro atoms. The Morgan fingerprint density at radius 3 is 2.76 bits per heavy atom. The molecule has 2 aromatic carbocycles. The van der Waals surface area contributed by atoms with Gasteiger partial charge in [-0.2, -0.15) is 0 Å². The Hall–Kier alpha value is -3.46. The summed E-state index contributed by atoms with van der Waals surface area (Å²) in [6, 6.07) is 14.1. The molecule has 0 radical (unpaired) electrons. The monoisotopic (exact) mass is 405 g/mol. The highest BCUT2D eigenvalue weighted by Gasteiger charge is 2.27. The Labute approximate surface area is 170 Å². The lowest BCUT2D eigenvalue weighted by Gasteiger charge is -2.32. The van der Waals surface area contributed by atoms with E-state index in [1.807, 2.05) is 35.5 Å². The summed E-state index contributed by atoms with van der Waals surface area (Å²) in [5.74, 6) is 1.12. The van der Waals surface area contributed by atoms with Gasteiger partial charge in [-0.15, -0.1) is 0 Å². The Morgan fingerprint density at radius 2 is 1.90 bits per heavy atom. The molecule has 4 aromatic rings. The van der Waals surface area contributed by atoms with Crippen LogP contribution in [-0.2, 0) is 0 Å². The van der Waals surface area contributed by atoms with Crippen LogP contribution in [0.2, 0.25) is 0 Å². The molecule has 9 heteroatoms. The average Bonchev–Trinajstić information content (AvgIpc) is 3.23. The number of anilines is 2. The maximum absolute atomic E-state index is 13.5. The number of nitrogens with zero attached hydrogens (tertiary/aromatic N) is 5. The van der Waals surface area contributed by atoms with Crippen molar-refractivity contribution in [2.24, 2.45) is 4.99 Å². The second-order valence-electron chi connectivity index (χ2n) is 6.49. The number of amidine groups is 1. The first-order chi connectivity index (χ1) is 14.2. The number of rotatable bonds is 4. The summed E-state index contributed by atoms with van der Waals surface area (Å²) in [5, 5.41) is 3.39. The molecule has 0 saturated carbocycles. The summed E-state index contributed by atoms with van der Waals surface area (Å²) >= 11 is 1.55. The van der Waals surface area contributed by atoms with E-state index in [4.69, 9.17) is 4.99 Å². The molecule has 0 fully saturated rings. The molecule has 5 rings (SSSR count). The van der Waals surface area contributed by atoms with Gasteiger partial charge in [-0.3, -0.25) is 4.31 Å². The quantitative estimate of drug-likeness (QED) is 0.485. The van der Waals surface area contributed by atoms with E-state index in [1.54, 1.807) is 30.4 Å². The van der Waals surface area contributed by atoms with E-state index in [2.05, 4.69) is 25.3 Å². The van der Waals surface area contributed by atoms with Crippen molar-refractivity contribution < 1.29 is 4.39 Å². The number of halogens is 1. The van der Waals surface area contributed by atoms with Crippen molar-refractivity contribution in [1.82, 2.24) is 19.9 Å². The van der Waals surface area contributed by atoms with Crippen LogP contribution in [-0.4, -0.2) is 31.8 Å². The molecule has 1 unspecified atom stereocenters. The van der Waals surface area contributed by atoms with Crippen molar-refractivity contribution in [2.45, 2.75) is 17.9 Å². The number of aliphatic imine (C=N–C) groups is 1. The molecule has 144 valence electrons. The van der Waals surface area contributed by atoms with Gasteiger partial charge in [0.25, 0.3) is 0 Å². The molecular formula is C20H16FN7S. The van der Waals surface area contributed by atoms with Gasteiger partial charge in [0.1, 0.15) is 23.5 Å². The zero-order valence-electron chi connectivity index (χ0n) is 15.4. The van der Waals surface area contributed by atoms with Crippen molar-refractivity contribution in [2.75, 3.05) is 9.62 Å². The van der Waals surface area contributed by atoms with E-state index in [1.165, 1.54) is 18.5 Å². The van der Waals surface area contributed by atoms with E-state index in [0.29, 0.717) is 17.0 Å². The van der Waals surface area contributed by atoms with Crippen LogP contribution in [0.15, 0.2) is 71.1 Å². The van der Waals surface area contributed by atoms with Gasteiger partial charge in [0, 0.05) is 0 Å². The number of fused-ring (bicyclic) bond motifs is 2. The normalized spacial score (nSPS) is 14.4. The standard InChI is InChI=1S/C20H16FN7S/c1-12(26-19-17-18(23-10-22-17)24-11-25-19)20-27-15-4-2-3-5-16(15)29-28(20)14-8-6-13(21)7-9-14/h2-12H,1H3,(H2,22,23,24,25,26). The van der Waals surface area contributed by atoms with Crippen molar-refractivity contribution in [3.05, 3.63) is 67.0 Å². The molecule has 7 nitrogen and oxygen atoms in total. The fourth-order valence-corrected chi connectivity index (χ4v) is 4.18. The summed E-state index contributed by atoms with van der Waals surface area (Å²) in [6.45, 7) is 2.00. The Kier molecular flexibility index (Phi) is 4.36. The third-order valence-electron chi connectivity index (χ3n) is 4.52. The van der Waals surface area contributed by atoms with Gasteiger partial charge in [-0.25, -0.2) is 24.3 Å². The van der Waals surface area contributed by atoms with Crippen LogP contribution in [0.3, 0.4) is 0 Å². The van der Waals surface area contributed by atoms with Crippen LogP contribution in [0.5, 0.6) is 0 Å². The summed E-state index contributed by atoms with van der Waals surface area (Å²) < 4.78 is 15.5. The third kappa shape index (κ3) is 3.29. The fourth-order valence-electron chi connectivity index (χ4n) is 3.11. The summed E-state index contributed by atoms with van der Waals surface area (Å²) in [7, 11) is 0. The first kappa shape index (κ1) is 17.6. The molecule has 0 bridgehead atoms. The lowest BCUT2D eigenvalue weighted by atomic mass is 10.2. The van der Waals surface area contributed by atoms with E-state index in [0.717, 1.165) is 22.1 Å². The summed E-state index contributed by atoms with van der Waals surface area (Å²) in [6.07, 6.45) is 3.07. The van der Waals surface area contributed by atoms with Crippen LogP contribution in [0.4, 0.5) is 21.6 Å². The molecule has 0 saturated heterocycles. The van der Waals surface area contributed by atoms with Gasteiger partial charge < -0.3 is 10.3 Å². The van der Waals surface area contributed by atoms with Crippen molar-refractivity contribution in [3.8, 4) is 0 Å². The summed E-state index contributed by atoms with van der Waals surface area (Å²) in [4.78, 5) is 21.7. The molecule has 1 aliphatic rings. The molecule has 0 aliphatic carbocycles. The van der Waals surface area contributed by atoms with Crippen molar-refractivity contribution >= 4 is 46.1 Å². The number of aromatic nitrogens is 4. The predicted octanol–water partition coefficient (Wildman–Crippen LogP) is 4.55.